The maximum absolute atomic E-state index is 13.1. The van der Waals surface area contributed by atoms with Gasteiger partial charge in [0, 0.05) is 0 Å². The maximum atomic E-state index is 13.1. The van der Waals surface area contributed by atoms with E-state index in [0.717, 1.165) is 16.7 Å². The van der Waals surface area contributed by atoms with Crippen molar-refractivity contribution in [1.29, 1.82) is 0 Å². The summed E-state index contributed by atoms with van der Waals surface area (Å²) in [5, 5.41) is 11.1. The van der Waals surface area contributed by atoms with Gasteiger partial charge in [-0.05, 0) is 28.8 Å². The predicted octanol–water partition coefficient (Wildman–Crippen LogP) is 5.32. The Morgan fingerprint density at radius 3 is 1.61 bits per heavy atom. The monoisotopic (exact) mass is 554 g/mol. The van der Waals surface area contributed by atoms with Crippen molar-refractivity contribution >= 4 is 5.97 Å². The molecule has 0 unspecified atom stereocenters. The van der Waals surface area contributed by atoms with Crippen LogP contribution in [-0.4, -0.2) is 48.4 Å². The molecule has 0 bridgehead atoms. The lowest BCUT2D eigenvalue weighted by Gasteiger charge is -2.44. The Morgan fingerprint density at radius 2 is 1.07 bits per heavy atom. The Morgan fingerprint density at radius 1 is 0.610 bits per heavy atom. The van der Waals surface area contributed by atoms with Gasteiger partial charge in [-0.1, -0.05) is 109 Å². The topological polar surface area (TPSA) is 83.5 Å². The van der Waals surface area contributed by atoms with Gasteiger partial charge in [0.2, 0.25) is 0 Å². The van der Waals surface area contributed by atoms with Gasteiger partial charge >= 0.3 is 5.97 Å². The summed E-state index contributed by atoms with van der Waals surface area (Å²) >= 11 is 0. The molecule has 0 aliphatic carbocycles. The van der Waals surface area contributed by atoms with E-state index in [0.29, 0.717) is 12.2 Å². The second-order valence-electron chi connectivity index (χ2n) is 9.82. The number of carbonyl (C=O) groups is 1. The number of hydrogen-bond donors (Lipinski definition) is 1. The Hall–Kier alpha value is -3.85. The van der Waals surface area contributed by atoms with Crippen molar-refractivity contribution in [3.8, 4) is 0 Å². The van der Waals surface area contributed by atoms with Gasteiger partial charge in [-0.15, -0.1) is 0 Å². The lowest BCUT2D eigenvalue weighted by Crippen LogP contribution is -2.61. The fourth-order valence-corrected chi connectivity index (χ4v) is 4.71. The zero-order valence-corrected chi connectivity index (χ0v) is 22.7. The van der Waals surface area contributed by atoms with Crippen LogP contribution in [-0.2, 0) is 43.5 Å². The molecule has 0 saturated carbocycles. The van der Waals surface area contributed by atoms with Crippen LogP contribution in [0, 0.1) is 0 Å². The number of hydrogen-bond acceptors (Lipinski definition) is 7. The van der Waals surface area contributed by atoms with Gasteiger partial charge in [0.1, 0.15) is 18.3 Å². The number of esters is 1. The average Bonchev–Trinajstić information content (AvgIpc) is 3.02. The van der Waals surface area contributed by atoms with Crippen molar-refractivity contribution in [1.82, 2.24) is 0 Å². The lowest BCUT2D eigenvalue weighted by atomic mass is 9.98. The van der Waals surface area contributed by atoms with Crippen LogP contribution in [0.4, 0.5) is 0 Å². The summed E-state index contributed by atoms with van der Waals surface area (Å²) in [7, 11) is 0. The number of carbonyl (C=O) groups excluding carboxylic acids is 1. The molecule has 1 N–H and O–H groups in total. The van der Waals surface area contributed by atoms with Crippen molar-refractivity contribution < 1.29 is 33.6 Å². The third kappa shape index (κ3) is 8.10. The predicted molar refractivity (Wildman–Crippen MR) is 153 cm³/mol. The Bertz CT molecular complexity index is 1320. The molecule has 0 aromatic heterocycles. The minimum Gasteiger partial charge on any atom is -0.450 e. The van der Waals surface area contributed by atoms with E-state index in [-0.39, 0.29) is 19.8 Å². The summed E-state index contributed by atoms with van der Waals surface area (Å²) in [4.78, 5) is 13.1. The van der Waals surface area contributed by atoms with Gasteiger partial charge in [-0.2, -0.15) is 0 Å². The van der Waals surface area contributed by atoms with Crippen LogP contribution in [0.25, 0.3) is 0 Å². The molecule has 1 aliphatic heterocycles. The van der Waals surface area contributed by atoms with E-state index in [1.807, 2.05) is 97.1 Å². The summed E-state index contributed by atoms with van der Waals surface area (Å²) in [6.45, 7) is 0.991. The number of aliphatic hydroxyl groups excluding tert-OH is 1. The molecule has 1 saturated heterocycles. The number of rotatable bonds is 12. The molecule has 5 rings (SSSR count). The van der Waals surface area contributed by atoms with Gasteiger partial charge < -0.3 is 28.8 Å². The molecule has 0 radical (unpaired) electrons. The first-order chi connectivity index (χ1) is 20.2. The molecule has 1 fully saturated rings. The van der Waals surface area contributed by atoms with E-state index in [4.69, 9.17) is 23.7 Å². The zero-order valence-electron chi connectivity index (χ0n) is 22.7. The van der Waals surface area contributed by atoms with Crippen LogP contribution in [0.3, 0.4) is 0 Å². The molecular weight excluding hydrogens is 520 g/mol. The van der Waals surface area contributed by atoms with E-state index in [2.05, 4.69) is 0 Å². The largest absolute Gasteiger partial charge is 0.450 e. The molecule has 0 amide bonds. The minimum absolute atomic E-state index is 0.135. The zero-order chi connectivity index (χ0) is 28.3. The van der Waals surface area contributed by atoms with Gasteiger partial charge in [0.25, 0.3) is 0 Å². The summed E-state index contributed by atoms with van der Waals surface area (Å²) in [5.74, 6) is -0.591. The van der Waals surface area contributed by atoms with Crippen molar-refractivity contribution in [2.45, 2.75) is 50.5 Å². The Balaban J connectivity index is 1.39. The third-order valence-corrected chi connectivity index (χ3v) is 6.83. The van der Waals surface area contributed by atoms with Gasteiger partial charge in [0.05, 0.1) is 32.0 Å². The Labute approximate surface area is 240 Å². The first kappa shape index (κ1) is 28.7. The van der Waals surface area contributed by atoms with Crippen molar-refractivity contribution in [3.63, 3.8) is 0 Å². The summed E-state index contributed by atoms with van der Waals surface area (Å²) < 4.78 is 30.7. The van der Waals surface area contributed by atoms with E-state index in [9.17, 15) is 9.90 Å². The molecule has 5 atom stereocenters. The lowest BCUT2D eigenvalue weighted by molar-refractivity contribution is -0.306. The highest BCUT2D eigenvalue weighted by molar-refractivity contribution is 5.89. The molecule has 7 heteroatoms. The second kappa shape index (κ2) is 14.7. The first-order valence-electron chi connectivity index (χ1n) is 13.7. The average molecular weight is 555 g/mol. The van der Waals surface area contributed by atoms with Crippen molar-refractivity contribution in [2.75, 3.05) is 6.61 Å². The van der Waals surface area contributed by atoms with E-state index < -0.39 is 36.7 Å². The number of aliphatic hydroxyl groups is 1. The van der Waals surface area contributed by atoms with Gasteiger partial charge in [-0.25, -0.2) is 4.79 Å². The summed E-state index contributed by atoms with van der Waals surface area (Å²) in [6.07, 6.45) is -4.85. The smallest absolute Gasteiger partial charge is 0.338 e. The number of benzene rings is 4. The highest BCUT2D eigenvalue weighted by Crippen LogP contribution is 2.30. The van der Waals surface area contributed by atoms with Crippen LogP contribution in [0.15, 0.2) is 121 Å². The molecule has 4 aromatic rings. The molecular formula is C34H34O7. The SMILES string of the molecule is O=C(O[C@@H]1[C@@H](OCc2ccccc2)[C@@H](OCc2ccccc2)[C@@H](COCc2ccccc2)O[C@@H]1O)c1ccccc1. The molecule has 212 valence electrons. The normalized spacial score (nSPS) is 22.2. The van der Waals surface area contributed by atoms with Crippen molar-refractivity contribution in [3.05, 3.63) is 144 Å². The highest BCUT2D eigenvalue weighted by atomic mass is 16.7. The molecule has 1 aliphatic rings. The maximum Gasteiger partial charge on any atom is 0.338 e. The van der Waals surface area contributed by atoms with Crippen LogP contribution in [0.5, 0.6) is 0 Å². The van der Waals surface area contributed by atoms with Crippen LogP contribution >= 0.6 is 0 Å². The molecule has 7 nitrogen and oxygen atoms in total. The molecule has 0 spiro atoms. The summed E-state index contributed by atoms with van der Waals surface area (Å²) in [5.41, 5.74) is 3.26. The van der Waals surface area contributed by atoms with Crippen LogP contribution < -0.4 is 0 Å². The standard InChI is InChI=1S/C34H34O7/c35-33(28-19-11-4-12-20-28)41-32-31(39-23-27-17-9-3-10-18-27)30(38-22-26-15-7-2-8-16-26)29(40-34(32)36)24-37-21-25-13-5-1-6-14-25/h1-20,29-32,34,36H,21-24H2/t29-,30+,31+,32-,34+/m1/s1. The van der Waals surface area contributed by atoms with Gasteiger partial charge in [-0.3, -0.25) is 0 Å². The first-order valence-corrected chi connectivity index (χ1v) is 13.7. The van der Waals surface area contributed by atoms with Crippen LogP contribution in [0.1, 0.15) is 27.0 Å². The van der Waals surface area contributed by atoms with E-state index >= 15 is 0 Å². The number of ether oxygens (including phenoxy) is 5. The summed E-state index contributed by atoms with van der Waals surface area (Å²) in [6, 6.07) is 37.8. The van der Waals surface area contributed by atoms with E-state index in [1.54, 1.807) is 24.3 Å². The van der Waals surface area contributed by atoms with Crippen molar-refractivity contribution in [2.24, 2.45) is 0 Å². The highest BCUT2D eigenvalue weighted by Gasteiger charge is 2.49. The fraction of sp³-hybridized carbons (Fsp3) is 0.265. The quantitative estimate of drug-likeness (QED) is 0.238. The fourth-order valence-electron chi connectivity index (χ4n) is 4.71. The van der Waals surface area contributed by atoms with Gasteiger partial charge in [0.15, 0.2) is 12.4 Å². The Kier molecular flexibility index (Phi) is 10.3. The molecule has 4 aromatic carbocycles. The second-order valence-corrected chi connectivity index (χ2v) is 9.82. The van der Waals surface area contributed by atoms with E-state index in [1.165, 1.54) is 0 Å². The third-order valence-electron chi connectivity index (χ3n) is 6.83. The molecule has 1 heterocycles. The minimum atomic E-state index is -1.45. The van der Waals surface area contributed by atoms with Crippen LogP contribution in [0.2, 0.25) is 0 Å². The molecule has 41 heavy (non-hydrogen) atoms.